The van der Waals surface area contributed by atoms with E-state index in [4.69, 9.17) is 4.74 Å². The highest BCUT2D eigenvalue weighted by molar-refractivity contribution is 6.21. The molecule has 3 nitrogen and oxygen atoms in total. The SMILES string of the molecule is CCc1ccc2c3c(ccc(CC)c13)C(=O)OC2=O. The molecule has 2 aromatic rings. The first kappa shape index (κ1) is 11.9. The van der Waals surface area contributed by atoms with E-state index < -0.39 is 11.9 Å². The predicted molar refractivity (Wildman–Crippen MR) is 72.5 cm³/mol. The molecule has 2 aromatic carbocycles. The second-order valence-electron chi connectivity index (χ2n) is 4.68. The minimum Gasteiger partial charge on any atom is -0.386 e. The fourth-order valence-electron chi connectivity index (χ4n) is 2.77. The van der Waals surface area contributed by atoms with E-state index >= 15 is 0 Å². The van der Waals surface area contributed by atoms with Crippen molar-refractivity contribution in [2.75, 3.05) is 0 Å². The van der Waals surface area contributed by atoms with Gasteiger partial charge < -0.3 is 4.74 Å². The summed E-state index contributed by atoms with van der Waals surface area (Å²) in [6.45, 7) is 4.15. The van der Waals surface area contributed by atoms with E-state index in [1.165, 1.54) is 11.1 Å². The number of benzene rings is 2. The van der Waals surface area contributed by atoms with Gasteiger partial charge in [-0.25, -0.2) is 9.59 Å². The van der Waals surface area contributed by atoms with Gasteiger partial charge in [-0.2, -0.15) is 0 Å². The van der Waals surface area contributed by atoms with Crippen molar-refractivity contribution >= 4 is 22.7 Å². The Bertz CT molecular complexity index is 657. The zero-order valence-corrected chi connectivity index (χ0v) is 10.9. The highest BCUT2D eigenvalue weighted by Gasteiger charge is 2.28. The van der Waals surface area contributed by atoms with E-state index in [9.17, 15) is 9.59 Å². The topological polar surface area (TPSA) is 43.4 Å². The molecule has 0 unspecified atom stereocenters. The van der Waals surface area contributed by atoms with Crippen LogP contribution in [-0.2, 0) is 17.6 Å². The van der Waals surface area contributed by atoms with Crippen molar-refractivity contribution in [2.24, 2.45) is 0 Å². The first-order chi connectivity index (χ1) is 9.17. The molecule has 0 spiro atoms. The van der Waals surface area contributed by atoms with Crippen molar-refractivity contribution in [1.82, 2.24) is 0 Å². The van der Waals surface area contributed by atoms with Crippen molar-refractivity contribution in [3.05, 3.63) is 46.5 Å². The van der Waals surface area contributed by atoms with Crippen LogP contribution in [-0.4, -0.2) is 11.9 Å². The Kier molecular flexibility index (Phi) is 2.63. The Balaban J connectivity index is 2.53. The van der Waals surface area contributed by atoms with Crippen LogP contribution in [0.15, 0.2) is 24.3 Å². The second-order valence-corrected chi connectivity index (χ2v) is 4.68. The maximum Gasteiger partial charge on any atom is 0.346 e. The summed E-state index contributed by atoms with van der Waals surface area (Å²) in [6.07, 6.45) is 1.74. The maximum absolute atomic E-state index is 11.8. The van der Waals surface area contributed by atoms with Gasteiger partial charge in [0, 0.05) is 5.39 Å². The van der Waals surface area contributed by atoms with Crippen LogP contribution >= 0.6 is 0 Å². The number of hydrogen-bond acceptors (Lipinski definition) is 3. The lowest BCUT2D eigenvalue weighted by Crippen LogP contribution is -2.20. The zero-order chi connectivity index (χ0) is 13.6. The third kappa shape index (κ3) is 1.58. The largest absolute Gasteiger partial charge is 0.386 e. The second kappa shape index (κ2) is 4.19. The molecule has 0 aliphatic carbocycles. The number of esters is 2. The summed E-state index contributed by atoms with van der Waals surface area (Å²) in [7, 11) is 0. The van der Waals surface area contributed by atoms with Crippen LogP contribution in [0, 0.1) is 0 Å². The quantitative estimate of drug-likeness (QED) is 0.610. The van der Waals surface area contributed by atoms with E-state index in [0.717, 1.165) is 23.6 Å². The molecule has 3 rings (SSSR count). The van der Waals surface area contributed by atoms with Crippen LogP contribution in [0.3, 0.4) is 0 Å². The Labute approximate surface area is 111 Å². The molecular weight excluding hydrogens is 240 g/mol. The summed E-state index contributed by atoms with van der Waals surface area (Å²) in [6, 6.07) is 7.44. The van der Waals surface area contributed by atoms with Gasteiger partial charge in [-0.05, 0) is 41.5 Å². The minimum atomic E-state index is -0.543. The third-order valence-electron chi connectivity index (χ3n) is 3.72. The number of carbonyl (C=O) groups is 2. The van der Waals surface area contributed by atoms with Crippen LogP contribution in [0.4, 0.5) is 0 Å². The first-order valence-corrected chi connectivity index (χ1v) is 6.51. The molecule has 0 bridgehead atoms. The monoisotopic (exact) mass is 254 g/mol. The molecule has 1 aliphatic heterocycles. The van der Waals surface area contributed by atoms with E-state index in [1.54, 1.807) is 12.1 Å². The molecular formula is C16H14O3. The third-order valence-corrected chi connectivity index (χ3v) is 3.72. The fraction of sp³-hybridized carbons (Fsp3) is 0.250. The van der Waals surface area contributed by atoms with Crippen LogP contribution in [0.1, 0.15) is 45.7 Å². The molecule has 0 N–H and O–H groups in total. The lowest BCUT2D eigenvalue weighted by atomic mass is 9.89. The van der Waals surface area contributed by atoms with E-state index in [-0.39, 0.29) is 0 Å². The number of aryl methyl sites for hydroxylation is 2. The molecule has 0 aromatic heterocycles. The molecule has 3 heteroatoms. The Hall–Kier alpha value is -2.16. The van der Waals surface area contributed by atoms with E-state index in [2.05, 4.69) is 13.8 Å². The van der Waals surface area contributed by atoms with Crippen molar-refractivity contribution in [3.63, 3.8) is 0 Å². The molecule has 96 valence electrons. The Morgan fingerprint density at radius 3 is 1.68 bits per heavy atom. The lowest BCUT2D eigenvalue weighted by molar-refractivity contribution is 0.0391. The zero-order valence-electron chi connectivity index (χ0n) is 10.9. The number of carbonyl (C=O) groups excluding carboxylic acids is 2. The van der Waals surface area contributed by atoms with Gasteiger partial charge in [0.05, 0.1) is 11.1 Å². The Morgan fingerprint density at radius 2 is 1.26 bits per heavy atom. The summed E-state index contributed by atoms with van der Waals surface area (Å²) >= 11 is 0. The highest BCUT2D eigenvalue weighted by Crippen LogP contribution is 2.33. The van der Waals surface area contributed by atoms with Crippen molar-refractivity contribution in [1.29, 1.82) is 0 Å². The van der Waals surface area contributed by atoms with Gasteiger partial charge in [-0.1, -0.05) is 26.0 Å². The average Bonchev–Trinajstić information content (AvgIpc) is 2.43. The molecule has 0 saturated heterocycles. The van der Waals surface area contributed by atoms with Gasteiger partial charge >= 0.3 is 11.9 Å². The van der Waals surface area contributed by atoms with Gasteiger partial charge in [0.2, 0.25) is 0 Å². The van der Waals surface area contributed by atoms with Gasteiger partial charge in [0.15, 0.2) is 0 Å². The molecule has 0 amide bonds. The van der Waals surface area contributed by atoms with Crippen LogP contribution < -0.4 is 0 Å². The number of hydrogen-bond donors (Lipinski definition) is 0. The van der Waals surface area contributed by atoms with Crippen molar-refractivity contribution in [2.45, 2.75) is 26.7 Å². The molecule has 1 aliphatic rings. The summed E-state index contributed by atoms with van der Waals surface area (Å²) in [5, 5.41) is 1.81. The number of ether oxygens (including phenoxy) is 1. The standard InChI is InChI=1S/C16H14O3/c1-3-9-5-7-11-14-12(16(18)19-15(11)17)8-6-10(4-2)13(9)14/h5-8H,3-4H2,1-2H3. The van der Waals surface area contributed by atoms with Crippen LogP contribution in [0.2, 0.25) is 0 Å². The van der Waals surface area contributed by atoms with Gasteiger partial charge in [0.25, 0.3) is 0 Å². The smallest absolute Gasteiger partial charge is 0.346 e. The van der Waals surface area contributed by atoms with Crippen molar-refractivity contribution in [3.8, 4) is 0 Å². The minimum absolute atomic E-state index is 0.497. The van der Waals surface area contributed by atoms with Crippen LogP contribution in [0.5, 0.6) is 0 Å². The Morgan fingerprint density at radius 1 is 0.789 bits per heavy atom. The summed E-state index contributed by atoms with van der Waals surface area (Å²) in [4.78, 5) is 23.7. The molecule has 0 fully saturated rings. The molecule has 0 atom stereocenters. The molecule has 19 heavy (non-hydrogen) atoms. The summed E-state index contributed by atoms with van der Waals surface area (Å²) in [5.41, 5.74) is 3.33. The maximum atomic E-state index is 11.8. The lowest BCUT2D eigenvalue weighted by Gasteiger charge is -2.19. The predicted octanol–water partition coefficient (Wildman–Crippen LogP) is 3.28. The number of cyclic esters (lactones) is 2. The molecule has 0 radical (unpaired) electrons. The molecule has 1 heterocycles. The van der Waals surface area contributed by atoms with E-state index in [1.807, 2.05) is 12.1 Å². The first-order valence-electron chi connectivity index (χ1n) is 6.51. The number of rotatable bonds is 2. The average molecular weight is 254 g/mol. The molecule has 0 saturated carbocycles. The summed E-state index contributed by atoms with van der Waals surface area (Å²) < 4.78 is 4.77. The van der Waals surface area contributed by atoms with Gasteiger partial charge in [-0.3, -0.25) is 0 Å². The summed E-state index contributed by atoms with van der Waals surface area (Å²) in [5.74, 6) is -1.09. The highest BCUT2D eigenvalue weighted by atomic mass is 16.6. The van der Waals surface area contributed by atoms with Gasteiger partial charge in [-0.15, -0.1) is 0 Å². The normalized spacial score (nSPS) is 13.8. The van der Waals surface area contributed by atoms with E-state index in [0.29, 0.717) is 11.1 Å². The van der Waals surface area contributed by atoms with Gasteiger partial charge in [0.1, 0.15) is 0 Å². The van der Waals surface area contributed by atoms with Crippen LogP contribution in [0.25, 0.3) is 10.8 Å². The van der Waals surface area contributed by atoms with Crippen molar-refractivity contribution < 1.29 is 14.3 Å². The fourth-order valence-corrected chi connectivity index (χ4v) is 2.77.